The minimum Gasteiger partial charge on any atom is -0.399 e. The molecule has 0 radical (unpaired) electrons. The first-order valence-corrected chi connectivity index (χ1v) is 12.7. The van der Waals surface area contributed by atoms with Gasteiger partial charge < -0.3 is 16.0 Å². The van der Waals surface area contributed by atoms with Crippen molar-refractivity contribution in [3.63, 3.8) is 0 Å². The molecule has 1 atom stereocenters. The molecule has 0 bridgehead atoms. The van der Waals surface area contributed by atoms with Gasteiger partial charge in [0.1, 0.15) is 11.6 Å². The van der Waals surface area contributed by atoms with Crippen LogP contribution in [0.4, 0.5) is 24.7 Å². The van der Waals surface area contributed by atoms with Crippen LogP contribution in [0.25, 0.3) is 10.9 Å². The molecule has 2 aromatic carbocycles. The van der Waals surface area contributed by atoms with Gasteiger partial charge in [0, 0.05) is 30.6 Å². The fourth-order valence-electron chi connectivity index (χ4n) is 5.15. The molecule has 198 valence electrons. The molecule has 3 N–H and O–H groups in total. The Labute approximate surface area is 215 Å². The van der Waals surface area contributed by atoms with Crippen molar-refractivity contribution in [1.29, 1.82) is 0 Å². The smallest absolute Gasteiger partial charge is 0.399 e. The molecule has 1 saturated carbocycles. The summed E-state index contributed by atoms with van der Waals surface area (Å²) in [5, 5.41) is 4.11. The van der Waals surface area contributed by atoms with Gasteiger partial charge in [0.15, 0.2) is 0 Å². The predicted molar refractivity (Wildman–Crippen MR) is 140 cm³/mol. The first kappa shape index (κ1) is 26.7. The van der Waals surface area contributed by atoms with Crippen LogP contribution in [0.2, 0.25) is 0 Å². The lowest BCUT2D eigenvalue weighted by molar-refractivity contribution is -0.137. The number of nitrogens with two attached hydrogens (primary N) is 1. The van der Waals surface area contributed by atoms with E-state index in [2.05, 4.69) is 27.4 Å². The second kappa shape index (κ2) is 10.6. The van der Waals surface area contributed by atoms with Crippen LogP contribution in [0.15, 0.2) is 36.4 Å². The van der Waals surface area contributed by atoms with E-state index in [1.54, 1.807) is 24.8 Å². The fourth-order valence-corrected chi connectivity index (χ4v) is 5.15. The lowest BCUT2D eigenvalue weighted by atomic mass is 9.78. The molecule has 37 heavy (non-hydrogen) atoms. The monoisotopic (exact) mass is 513 g/mol. The van der Waals surface area contributed by atoms with Gasteiger partial charge in [-0.15, -0.1) is 0 Å². The number of hydrogen-bond acceptors (Lipinski definition) is 5. The van der Waals surface area contributed by atoms with Crippen LogP contribution in [0.5, 0.6) is 0 Å². The van der Waals surface area contributed by atoms with Crippen molar-refractivity contribution in [1.82, 2.24) is 14.9 Å². The Morgan fingerprint density at radius 3 is 2.49 bits per heavy atom. The van der Waals surface area contributed by atoms with Gasteiger partial charge in [-0.05, 0) is 93.8 Å². The van der Waals surface area contributed by atoms with Crippen LogP contribution in [0, 0.1) is 12.8 Å². The molecule has 1 aliphatic carbocycles. The Morgan fingerprint density at radius 1 is 1.14 bits per heavy atom. The molecule has 0 spiro atoms. The van der Waals surface area contributed by atoms with Gasteiger partial charge in [0.2, 0.25) is 5.91 Å². The SMILES string of the molecule is CCN(C)C(=O)[C@H]1CC[C@@H](c2ccc3nc(C)nc(N[C@H](C)c4cc(N)cc(C(F)(F)F)c4)c3c2)CC1. The van der Waals surface area contributed by atoms with Crippen molar-refractivity contribution in [3.8, 4) is 0 Å². The molecular formula is C28H34F3N5O. The Hall–Kier alpha value is -3.36. The number of benzene rings is 2. The van der Waals surface area contributed by atoms with E-state index in [1.165, 1.54) is 0 Å². The molecule has 9 heteroatoms. The third kappa shape index (κ3) is 5.97. The van der Waals surface area contributed by atoms with Crippen molar-refractivity contribution < 1.29 is 18.0 Å². The number of halogens is 3. The van der Waals surface area contributed by atoms with Crippen molar-refractivity contribution >= 4 is 28.3 Å². The molecule has 1 amide bonds. The van der Waals surface area contributed by atoms with E-state index >= 15 is 0 Å². The normalized spacial score (nSPS) is 19.0. The first-order chi connectivity index (χ1) is 17.5. The molecule has 1 fully saturated rings. The van der Waals surface area contributed by atoms with Crippen LogP contribution >= 0.6 is 0 Å². The summed E-state index contributed by atoms with van der Waals surface area (Å²) in [7, 11) is 1.85. The largest absolute Gasteiger partial charge is 0.416 e. The maximum Gasteiger partial charge on any atom is 0.416 e. The van der Waals surface area contributed by atoms with E-state index in [9.17, 15) is 18.0 Å². The van der Waals surface area contributed by atoms with Crippen molar-refractivity contribution in [3.05, 3.63) is 58.9 Å². The number of anilines is 2. The zero-order valence-electron chi connectivity index (χ0n) is 21.7. The van der Waals surface area contributed by atoms with Gasteiger partial charge >= 0.3 is 6.18 Å². The average molecular weight is 514 g/mol. The summed E-state index contributed by atoms with van der Waals surface area (Å²) >= 11 is 0. The highest BCUT2D eigenvalue weighted by molar-refractivity contribution is 5.90. The predicted octanol–water partition coefficient (Wildman–Crippen LogP) is 6.46. The number of nitrogen functional groups attached to an aromatic ring is 1. The summed E-state index contributed by atoms with van der Waals surface area (Å²) < 4.78 is 40.0. The van der Waals surface area contributed by atoms with E-state index in [1.807, 2.05) is 20.0 Å². The van der Waals surface area contributed by atoms with Crippen LogP contribution in [0.1, 0.15) is 74.0 Å². The molecule has 4 rings (SSSR count). The molecule has 1 aliphatic rings. The Bertz CT molecular complexity index is 1280. The molecular weight excluding hydrogens is 479 g/mol. The van der Waals surface area contributed by atoms with Crippen LogP contribution in [-0.2, 0) is 11.0 Å². The highest BCUT2D eigenvalue weighted by atomic mass is 19.4. The zero-order chi connectivity index (χ0) is 26.9. The number of carbonyl (C=O) groups is 1. The summed E-state index contributed by atoms with van der Waals surface area (Å²) in [6.07, 6.45) is -0.916. The molecule has 3 aromatic rings. The van der Waals surface area contributed by atoms with Crippen LogP contribution in [-0.4, -0.2) is 34.4 Å². The van der Waals surface area contributed by atoms with E-state index in [0.717, 1.165) is 54.3 Å². The van der Waals surface area contributed by atoms with Crippen LogP contribution < -0.4 is 11.1 Å². The average Bonchev–Trinajstić information content (AvgIpc) is 2.86. The number of carbonyl (C=O) groups excluding carboxylic acids is 1. The summed E-state index contributed by atoms with van der Waals surface area (Å²) in [6.45, 7) is 6.27. The number of aryl methyl sites for hydroxylation is 1. The van der Waals surface area contributed by atoms with E-state index in [4.69, 9.17) is 5.73 Å². The highest BCUT2D eigenvalue weighted by Gasteiger charge is 2.32. The second-order valence-electron chi connectivity index (χ2n) is 10.0. The van der Waals surface area contributed by atoms with Gasteiger partial charge in [0.05, 0.1) is 17.1 Å². The maximum absolute atomic E-state index is 13.3. The Balaban J connectivity index is 1.59. The van der Waals surface area contributed by atoms with Gasteiger partial charge in [-0.2, -0.15) is 13.2 Å². The summed E-state index contributed by atoms with van der Waals surface area (Å²) in [5.74, 6) is 1.76. The standard InChI is InChI=1S/C28H34F3N5O/c1-5-36(4)27(37)19-8-6-18(7-9-19)20-10-11-25-24(14-20)26(35-17(3)34-25)33-16(2)21-12-22(28(29,30)31)15-23(32)13-21/h10-16,18-19H,5-9,32H2,1-4H3,(H,33,34,35)/t16-,18-,19+/m1/s1. The minimum absolute atomic E-state index is 0.0590. The number of rotatable bonds is 6. The maximum atomic E-state index is 13.3. The molecule has 1 heterocycles. The molecule has 6 nitrogen and oxygen atoms in total. The number of hydrogen-bond donors (Lipinski definition) is 2. The van der Waals surface area contributed by atoms with Crippen LogP contribution in [0.3, 0.4) is 0 Å². The number of nitrogens with zero attached hydrogens (tertiary/aromatic N) is 3. The molecule has 0 unspecified atom stereocenters. The van der Waals surface area contributed by atoms with Gasteiger partial charge in [-0.1, -0.05) is 6.07 Å². The number of alkyl halides is 3. The van der Waals surface area contributed by atoms with Crippen molar-refractivity contribution in [2.75, 3.05) is 24.6 Å². The number of amides is 1. The van der Waals surface area contributed by atoms with Gasteiger partial charge in [-0.25, -0.2) is 9.97 Å². The van der Waals surface area contributed by atoms with Gasteiger partial charge in [-0.3, -0.25) is 4.79 Å². The first-order valence-electron chi connectivity index (χ1n) is 12.7. The molecule has 0 saturated heterocycles. The lowest BCUT2D eigenvalue weighted by Crippen LogP contribution is -2.34. The van der Waals surface area contributed by atoms with Crippen molar-refractivity contribution in [2.45, 2.75) is 64.6 Å². The third-order valence-electron chi connectivity index (χ3n) is 7.39. The quantitative estimate of drug-likeness (QED) is 0.369. The topological polar surface area (TPSA) is 84.1 Å². The molecule has 0 aliphatic heterocycles. The van der Waals surface area contributed by atoms with Gasteiger partial charge in [0.25, 0.3) is 0 Å². The fraction of sp³-hybridized carbons (Fsp3) is 0.464. The number of aromatic nitrogens is 2. The van der Waals surface area contributed by atoms with E-state index in [-0.39, 0.29) is 17.5 Å². The number of fused-ring (bicyclic) bond motifs is 1. The zero-order valence-corrected chi connectivity index (χ0v) is 21.7. The minimum atomic E-state index is -4.48. The van der Waals surface area contributed by atoms with E-state index < -0.39 is 17.8 Å². The molecule has 1 aromatic heterocycles. The lowest BCUT2D eigenvalue weighted by Gasteiger charge is -2.30. The Kier molecular flexibility index (Phi) is 7.62. The summed E-state index contributed by atoms with van der Waals surface area (Å²) in [5.41, 5.74) is 7.41. The highest BCUT2D eigenvalue weighted by Crippen LogP contribution is 2.38. The summed E-state index contributed by atoms with van der Waals surface area (Å²) in [4.78, 5) is 23.5. The second-order valence-corrected chi connectivity index (χ2v) is 10.0. The number of nitrogens with one attached hydrogen (secondary N) is 1. The van der Waals surface area contributed by atoms with Crippen molar-refractivity contribution in [2.24, 2.45) is 5.92 Å². The van der Waals surface area contributed by atoms with E-state index in [0.29, 0.717) is 29.7 Å². The Morgan fingerprint density at radius 2 is 1.84 bits per heavy atom. The summed E-state index contributed by atoms with van der Waals surface area (Å²) in [6, 6.07) is 9.27. The third-order valence-corrected chi connectivity index (χ3v) is 7.39.